The Kier molecular flexibility index (Phi) is 3.40. The van der Waals surface area contributed by atoms with Gasteiger partial charge in [0.25, 0.3) is 5.91 Å². The van der Waals surface area contributed by atoms with Gasteiger partial charge in [0.2, 0.25) is 0 Å². The molecule has 0 unspecified atom stereocenters. The van der Waals surface area contributed by atoms with Gasteiger partial charge >= 0.3 is 0 Å². The van der Waals surface area contributed by atoms with E-state index in [9.17, 15) is 4.79 Å². The molecule has 0 aromatic carbocycles. The van der Waals surface area contributed by atoms with Crippen LogP contribution >= 0.6 is 33.9 Å². The van der Waals surface area contributed by atoms with Crippen molar-refractivity contribution in [3.05, 3.63) is 19.9 Å². The van der Waals surface area contributed by atoms with Gasteiger partial charge in [-0.2, -0.15) is 0 Å². The van der Waals surface area contributed by atoms with Crippen LogP contribution in [0.15, 0.2) is 11.4 Å². The van der Waals surface area contributed by atoms with Gasteiger partial charge in [0.05, 0.1) is 8.45 Å². The average Bonchev–Trinajstić information content (AvgIpc) is 3.11. The minimum Gasteiger partial charge on any atom is -0.336 e. The molecule has 1 saturated heterocycles. The van der Waals surface area contributed by atoms with Crippen LogP contribution in [0.5, 0.6) is 0 Å². The van der Waals surface area contributed by atoms with Gasteiger partial charge < -0.3 is 4.90 Å². The molecule has 0 spiro atoms. The first-order valence-electron chi connectivity index (χ1n) is 6.01. The van der Waals surface area contributed by atoms with Crippen LogP contribution in [-0.2, 0) is 0 Å². The lowest BCUT2D eigenvalue weighted by Gasteiger charge is -2.34. The van der Waals surface area contributed by atoms with E-state index < -0.39 is 0 Å². The second-order valence-electron chi connectivity index (χ2n) is 4.70. The summed E-state index contributed by atoms with van der Waals surface area (Å²) in [5.74, 6) is 0.208. The van der Waals surface area contributed by atoms with Gasteiger partial charge in [-0.3, -0.25) is 9.69 Å². The molecule has 1 aromatic heterocycles. The van der Waals surface area contributed by atoms with Crippen LogP contribution in [0, 0.1) is 2.88 Å². The number of hydrogen-bond donors (Lipinski definition) is 0. The second kappa shape index (κ2) is 4.85. The van der Waals surface area contributed by atoms with Crippen molar-refractivity contribution in [3.63, 3.8) is 0 Å². The van der Waals surface area contributed by atoms with Crippen LogP contribution in [0.3, 0.4) is 0 Å². The number of piperazine rings is 1. The molecule has 17 heavy (non-hydrogen) atoms. The zero-order valence-corrected chi connectivity index (χ0v) is 12.5. The lowest BCUT2D eigenvalue weighted by atomic mass is 10.2. The molecule has 92 valence electrons. The maximum absolute atomic E-state index is 12.2. The summed E-state index contributed by atoms with van der Waals surface area (Å²) in [6.45, 7) is 3.89. The van der Waals surface area contributed by atoms with Crippen molar-refractivity contribution < 1.29 is 4.79 Å². The number of thiophene rings is 1. The Morgan fingerprint density at radius 1 is 1.29 bits per heavy atom. The van der Waals surface area contributed by atoms with Gasteiger partial charge in [0, 0.05) is 37.6 Å². The Bertz CT molecular complexity index is 422. The predicted octanol–water partition coefficient (Wildman–Crippen LogP) is 2.27. The standard InChI is InChI=1S/C12H15IN2OS/c13-11-7-9(8-17-11)12(16)15-5-3-14(4-6-15)10-1-2-10/h7-8,10H,1-6H2. The van der Waals surface area contributed by atoms with Gasteiger partial charge in [-0.25, -0.2) is 0 Å². The fourth-order valence-corrected chi connectivity index (χ4v) is 3.65. The highest BCUT2D eigenvalue weighted by atomic mass is 127. The van der Waals surface area contributed by atoms with Crippen LogP contribution < -0.4 is 0 Å². The van der Waals surface area contributed by atoms with E-state index in [2.05, 4.69) is 27.5 Å². The van der Waals surface area contributed by atoms with Crippen molar-refractivity contribution in [2.24, 2.45) is 0 Å². The molecule has 0 radical (unpaired) electrons. The predicted molar refractivity (Wildman–Crippen MR) is 77.5 cm³/mol. The van der Waals surface area contributed by atoms with Gasteiger partial charge in [0.15, 0.2) is 0 Å². The van der Waals surface area contributed by atoms with E-state index in [1.807, 2.05) is 16.3 Å². The number of carbonyl (C=O) groups is 1. The molecule has 1 saturated carbocycles. The normalized spacial score (nSPS) is 21.8. The Labute approximate surface area is 119 Å². The largest absolute Gasteiger partial charge is 0.336 e. The quantitative estimate of drug-likeness (QED) is 0.754. The molecular weight excluding hydrogens is 347 g/mol. The maximum atomic E-state index is 12.2. The Morgan fingerprint density at radius 3 is 2.53 bits per heavy atom. The minimum absolute atomic E-state index is 0.208. The topological polar surface area (TPSA) is 23.6 Å². The van der Waals surface area contributed by atoms with E-state index in [1.54, 1.807) is 11.3 Å². The van der Waals surface area contributed by atoms with Crippen LogP contribution in [0.1, 0.15) is 23.2 Å². The van der Waals surface area contributed by atoms with Crippen molar-refractivity contribution in [2.75, 3.05) is 26.2 Å². The Morgan fingerprint density at radius 2 is 2.00 bits per heavy atom. The smallest absolute Gasteiger partial charge is 0.254 e. The molecule has 2 heterocycles. The summed E-state index contributed by atoms with van der Waals surface area (Å²) in [5, 5.41) is 1.97. The molecule has 1 aliphatic carbocycles. The summed E-state index contributed by atoms with van der Waals surface area (Å²) >= 11 is 3.91. The SMILES string of the molecule is O=C(c1csc(I)c1)N1CCN(C2CC2)CC1. The number of rotatable bonds is 2. The van der Waals surface area contributed by atoms with Crippen LogP contribution in [0.2, 0.25) is 0 Å². The third kappa shape index (κ3) is 2.66. The zero-order valence-electron chi connectivity index (χ0n) is 9.56. The van der Waals surface area contributed by atoms with E-state index in [0.717, 1.165) is 37.8 Å². The van der Waals surface area contributed by atoms with E-state index >= 15 is 0 Å². The lowest BCUT2D eigenvalue weighted by molar-refractivity contribution is 0.0628. The molecule has 5 heteroatoms. The number of nitrogens with zero attached hydrogens (tertiary/aromatic N) is 2. The van der Waals surface area contributed by atoms with Crippen molar-refractivity contribution in [2.45, 2.75) is 18.9 Å². The molecule has 2 fully saturated rings. The molecule has 0 atom stereocenters. The Balaban J connectivity index is 1.60. The molecule has 1 amide bonds. The van der Waals surface area contributed by atoms with E-state index in [0.29, 0.717) is 0 Å². The highest BCUT2D eigenvalue weighted by molar-refractivity contribution is 14.1. The van der Waals surface area contributed by atoms with Crippen LogP contribution in [0.4, 0.5) is 0 Å². The van der Waals surface area contributed by atoms with E-state index in [4.69, 9.17) is 0 Å². The van der Waals surface area contributed by atoms with Gasteiger partial charge in [0.1, 0.15) is 0 Å². The van der Waals surface area contributed by atoms with Gasteiger partial charge in [-0.05, 0) is 41.5 Å². The number of amides is 1. The summed E-state index contributed by atoms with van der Waals surface area (Å²) in [7, 11) is 0. The molecule has 0 bridgehead atoms. The lowest BCUT2D eigenvalue weighted by Crippen LogP contribution is -2.49. The molecule has 3 rings (SSSR count). The zero-order chi connectivity index (χ0) is 11.8. The third-order valence-electron chi connectivity index (χ3n) is 3.48. The first-order chi connectivity index (χ1) is 8.24. The number of halogens is 1. The summed E-state index contributed by atoms with van der Waals surface area (Å²) in [4.78, 5) is 16.7. The van der Waals surface area contributed by atoms with Gasteiger partial charge in [-0.1, -0.05) is 0 Å². The molecule has 2 aliphatic rings. The number of carbonyl (C=O) groups excluding carboxylic acids is 1. The first-order valence-corrected chi connectivity index (χ1v) is 7.97. The highest BCUT2D eigenvalue weighted by Gasteiger charge is 2.32. The molecular formula is C12H15IN2OS. The molecule has 1 aliphatic heterocycles. The summed E-state index contributed by atoms with van der Waals surface area (Å²) in [6, 6.07) is 2.82. The van der Waals surface area contributed by atoms with Crippen LogP contribution in [0.25, 0.3) is 0 Å². The second-order valence-corrected chi connectivity index (χ2v) is 7.50. The van der Waals surface area contributed by atoms with Crippen molar-refractivity contribution in [1.29, 1.82) is 0 Å². The Hall–Kier alpha value is -0.140. The fourth-order valence-electron chi connectivity index (χ4n) is 2.33. The maximum Gasteiger partial charge on any atom is 0.254 e. The van der Waals surface area contributed by atoms with E-state index in [-0.39, 0.29) is 5.91 Å². The number of hydrogen-bond acceptors (Lipinski definition) is 3. The highest BCUT2D eigenvalue weighted by Crippen LogP contribution is 2.27. The first kappa shape index (κ1) is 11.9. The summed E-state index contributed by atoms with van der Waals surface area (Å²) < 4.78 is 1.18. The molecule has 1 aromatic rings. The molecule has 3 nitrogen and oxygen atoms in total. The monoisotopic (exact) mass is 362 g/mol. The summed E-state index contributed by atoms with van der Waals surface area (Å²) in [5.41, 5.74) is 0.860. The van der Waals surface area contributed by atoms with E-state index in [1.165, 1.54) is 15.7 Å². The average molecular weight is 362 g/mol. The van der Waals surface area contributed by atoms with Gasteiger partial charge in [-0.15, -0.1) is 11.3 Å². The molecule has 0 N–H and O–H groups in total. The third-order valence-corrected chi connectivity index (χ3v) is 5.27. The summed E-state index contributed by atoms with van der Waals surface area (Å²) in [6.07, 6.45) is 2.72. The minimum atomic E-state index is 0.208. The van der Waals surface area contributed by atoms with Crippen LogP contribution in [-0.4, -0.2) is 47.9 Å². The van der Waals surface area contributed by atoms with Crippen molar-refractivity contribution in [3.8, 4) is 0 Å². The van der Waals surface area contributed by atoms with Crippen molar-refractivity contribution >= 4 is 39.8 Å². The van der Waals surface area contributed by atoms with Crippen molar-refractivity contribution in [1.82, 2.24) is 9.80 Å². The fraction of sp³-hybridized carbons (Fsp3) is 0.583.